The van der Waals surface area contributed by atoms with Crippen LogP contribution in [0.3, 0.4) is 0 Å². The van der Waals surface area contributed by atoms with Crippen molar-refractivity contribution in [2.45, 2.75) is 0 Å². The van der Waals surface area contributed by atoms with Gasteiger partial charge in [0.15, 0.2) is 0 Å². The van der Waals surface area contributed by atoms with Crippen LogP contribution in [0.4, 0.5) is 0 Å². The van der Waals surface area contributed by atoms with E-state index in [9.17, 15) is 4.79 Å². The van der Waals surface area contributed by atoms with E-state index in [-0.39, 0.29) is 5.97 Å². The first-order valence-corrected chi connectivity index (χ1v) is 4.73. The zero-order chi connectivity index (χ0) is 10.1. The number of pyridine rings is 1. The first kappa shape index (κ1) is 9.21. The van der Waals surface area contributed by atoms with Gasteiger partial charge in [-0.2, -0.15) is 5.10 Å². The van der Waals surface area contributed by atoms with Crippen LogP contribution in [0, 0.1) is 0 Å². The number of hydrogen-bond acceptors (Lipinski definition) is 3. The van der Waals surface area contributed by atoms with Gasteiger partial charge in [0.1, 0.15) is 0 Å². The first-order valence-electron chi connectivity index (χ1n) is 3.93. The average molecular weight is 255 g/mol. The van der Waals surface area contributed by atoms with E-state index < -0.39 is 0 Å². The van der Waals surface area contributed by atoms with Crippen LogP contribution in [0.2, 0.25) is 0 Å². The van der Waals surface area contributed by atoms with E-state index in [1.54, 1.807) is 29.0 Å². The van der Waals surface area contributed by atoms with Crippen molar-refractivity contribution in [2.75, 3.05) is 7.11 Å². The molecule has 2 rings (SSSR count). The van der Waals surface area contributed by atoms with Gasteiger partial charge in [0.2, 0.25) is 0 Å². The number of methoxy groups -OCH3 is 1. The van der Waals surface area contributed by atoms with Gasteiger partial charge in [-0.25, -0.2) is 9.31 Å². The number of hydrogen-bond donors (Lipinski definition) is 0. The molecule has 5 heteroatoms. The minimum Gasteiger partial charge on any atom is -0.465 e. The van der Waals surface area contributed by atoms with Gasteiger partial charge < -0.3 is 4.74 Å². The Hall–Kier alpha value is -1.36. The van der Waals surface area contributed by atoms with Gasteiger partial charge in [-0.3, -0.25) is 0 Å². The molecule has 2 heterocycles. The second kappa shape index (κ2) is 3.42. The second-order valence-corrected chi connectivity index (χ2v) is 3.58. The van der Waals surface area contributed by atoms with Crippen LogP contribution >= 0.6 is 15.9 Å². The number of aromatic nitrogens is 2. The molecule has 0 atom stereocenters. The van der Waals surface area contributed by atoms with E-state index in [0.29, 0.717) is 5.56 Å². The molecule has 2 aromatic rings. The summed E-state index contributed by atoms with van der Waals surface area (Å²) in [4.78, 5) is 11.2. The molecule has 72 valence electrons. The van der Waals surface area contributed by atoms with Gasteiger partial charge in [-0.15, -0.1) is 0 Å². The lowest BCUT2D eigenvalue weighted by Gasteiger charge is -1.99. The second-order valence-electron chi connectivity index (χ2n) is 2.73. The summed E-state index contributed by atoms with van der Waals surface area (Å²) in [6, 6.07) is 3.39. The number of rotatable bonds is 1. The maximum Gasteiger partial charge on any atom is 0.337 e. The molecule has 0 bridgehead atoms. The lowest BCUT2D eigenvalue weighted by molar-refractivity contribution is 0.0600. The summed E-state index contributed by atoms with van der Waals surface area (Å²) in [7, 11) is 1.36. The molecular weight excluding hydrogens is 248 g/mol. The predicted octanol–water partition coefficient (Wildman–Crippen LogP) is 1.88. The summed E-state index contributed by atoms with van der Waals surface area (Å²) in [5.74, 6) is -0.347. The Morgan fingerprint density at radius 1 is 1.64 bits per heavy atom. The molecule has 14 heavy (non-hydrogen) atoms. The number of esters is 1. The van der Waals surface area contributed by atoms with Crippen molar-refractivity contribution in [1.29, 1.82) is 0 Å². The smallest absolute Gasteiger partial charge is 0.337 e. The van der Waals surface area contributed by atoms with Crippen LogP contribution < -0.4 is 0 Å². The van der Waals surface area contributed by atoms with Crippen molar-refractivity contribution in [3.8, 4) is 0 Å². The Labute approximate surface area is 88.6 Å². The molecular formula is C9H7BrN2O2. The van der Waals surface area contributed by atoms with Gasteiger partial charge in [0, 0.05) is 6.20 Å². The quantitative estimate of drug-likeness (QED) is 0.731. The lowest BCUT2D eigenvalue weighted by Crippen LogP contribution is -2.01. The molecule has 0 unspecified atom stereocenters. The highest BCUT2D eigenvalue weighted by molar-refractivity contribution is 9.10. The molecule has 0 radical (unpaired) electrons. The summed E-state index contributed by atoms with van der Waals surface area (Å²) in [6.07, 6.45) is 3.39. The summed E-state index contributed by atoms with van der Waals surface area (Å²) in [5, 5.41) is 4.06. The molecule has 0 saturated heterocycles. The topological polar surface area (TPSA) is 43.6 Å². The Morgan fingerprint density at radius 3 is 3.14 bits per heavy atom. The monoisotopic (exact) mass is 254 g/mol. The highest BCUT2D eigenvalue weighted by Crippen LogP contribution is 2.18. The molecule has 0 fully saturated rings. The molecule has 4 nitrogen and oxygen atoms in total. The molecule has 0 N–H and O–H groups in total. The van der Waals surface area contributed by atoms with E-state index in [4.69, 9.17) is 0 Å². The number of carbonyl (C=O) groups excluding carboxylic acids is 1. The van der Waals surface area contributed by atoms with E-state index in [1.165, 1.54) is 7.11 Å². The highest BCUT2D eigenvalue weighted by atomic mass is 79.9. The Kier molecular flexibility index (Phi) is 2.25. The number of nitrogens with zero attached hydrogens (tertiary/aromatic N) is 2. The summed E-state index contributed by atoms with van der Waals surface area (Å²) in [6.45, 7) is 0. The molecule has 0 spiro atoms. The largest absolute Gasteiger partial charge is 0.465 e. The van der Waals surface area contributed by atoms with Gasteiger partial charge in [0.05, 0.1) is 28.9 Å². The van der Waals surface area contributed by atoms with Crippen LogP contribution in [0.25, 0.3) is 5.52 Å². The molecule has 0 aliphatic carbocycles. The fraction of sp³-hybridized carbons (Fsp3) is 0.111. The average Bonchev–Trinajstić information content (AvgIpc) is 2.59. The maximum atomic E-state index is 11.2. The first-order chi connectivity index (χ1) is 6.72. The van der Waals surface area contributed by atoms with Crippen LogP contribution in [0.1, 0.15) is 10.4 Å². The van der Waals surface area contributed by atoms with Gasteiger partial charge >= 0.3 is 5.97 Å². The van der Waals surface area contributed by atoms with Crippen molar-refractivity contribution in [2.24, 2.45) is 0 Å². The van der Waals surface area contributed by atoms with Gasteiger partial charge in [0.25, 0.3) is 0 Å². The molecule has 0 aliphatic rings. The van der Waals surface area contributed by atoms with E-state index in [0.717, 1.165) is 9.99 Å². The Balaban J connectivity index is 2.60. The molecule has 0 amide bonds. The molecule has 0 aromatic carbocycles. The van der Waals surface area contributed by atoms with Gasteiger partial charge in [-0.1, -0.05) is 0 Å². The van der Waals surface area contributed by atoms with Crippen LogP contribution in [-0.4, -0.2) is 22.7 Å². The maximum absolute atomic E-state index is 11.2. The number of carbonyl (C=O) groups is 1. The fourth-order valence-corrected chi connectivity index (χ4v) is 1.58. The van der Waals surface area contributed by atoms with E-state index in [1.807, 2.05) is 0 Å². The van der Waals surface area contributed by atoms with Crippen molar-refractivity contribution in [3.05, 3.63) is 34.6 Å². The fourth-order valence-electron chi connectivity index (χ4n) is 1.20. The van der Waals surface area contributed by atoms with Crippen molar-refractivity contribution < 1.29 is 9.53 Å². The number of fused-ring (bicyclic) bond motifs is 1. The molecule has 0 aliphatic heterocycles. The zero-order valence-electron chi connectivity index (χ0n) is 7.40. The molecule has 2 aromatic heterocycles. The number of halogens is 1. The highest BCUT2D eigenvalue weighted by Gasteiger charge is 2.08. The van der Waals surface area contributed by atoms with E-state index in [2.05, 4.69) is 25.8 Å². The lowest BCUT2D eigenvalue weighted by atomic mass is 10.2. The zero-order valence-corrected chi connectivity index (χ0v) is 8.98. The van der Waals surface area contributed by atoms with Crippen molar-refractivity contribution in [1.82, 2.24) is 9.61 Å². The normalized spacial score (nSPS) is 10.4. The Morgan fingerprint density at radius 2 is 2.43 bits per heavy atom. The number of ether oxygens (including phenoxy) is 1. The standard InChI is InChI=1S/C9H7BrN2O2/c1-14-9(13)6-2-3-12-8(4-6)7(10)5-11-12/h2-5H,1H3. The summed E-state index contributed by atoms with van der Waals surface area (Å²) < 4.78 is 7.15. The van der Waals surface area contributed by atoms with Crippen LogP contribution in [-0.2, 0) is 4.74 Å². The third-order valence-corrected chi connectivity index (χ3v) is 2.51. The van der Waals surface area contributed by atoms with Crippen LogP contribution in [0.5, 0.6) is 0 Å². The SMILES string of the molecule is COC(=O)c1ccn2ncc(Br)c2c1. The minimum absolute atomic E-state index is 0.347. The Bertz CT molecular complexity index is 493. The van der Waals surface area contributed by atoms with Gasteiger partial charge in [-0.05, 0) is 28.1 Å². The summed E-state index contributed by atoms with van der Waals surface area (Å²) in [5.41, 5.74) is 1.36. The third kappa shape index (κ3) is 1.39. The van der Waals surface area contributed by atoms with Crippen molar-refractivity contribution in [3.63, 3.8) is 0 Å². The van der Waals surface area contributed by atoms with Crippen LogP contribution in [0.15, 0.2) is 29.0 Å². The van der Waals surface area contributed by atoms with E-state index >= 15 is 0 Å². The summed E-state index contributed by atoms with van der Waals surface area (Å²) >= 11 is 3.34. The predicted molar refractivity (Wildman–Crippen MR) is 54.2 cm³/mol. The molecule has 0 saturated carbocycles. The third-order valence-electron chi connectivity index (χ3n) is 1.90. The van der Waals surface area contributed by atoms with Crippen molar-refractivity contribution >= 4 is 27.4 Å². The minimum atomic E-state index is -0.347.